The summed E-state index contributed by atoms with van der Waals surface area (Å²) < 4.78 is 0. The van der Waals surface area contributed by atoms with E-state index < -0.39 is 0 Å². The molecular weight excluding hydrogens is 374 g/mol. The molecule has 0 aliphatic carbocycles. The van der Waals surface area contributed by atoms with Gasteiger partial charge in [-0.3, -0.25) is 9.59 Å². The fraction of sp³-hybridized carbons (Fsp3) is 0.636. The average Bonchev–Trinajstić information content (AvgIpc) is 3.16. The molecule has 0 aromatic heterocycles. The zero-order valence-electron chi connectivity index (χ0n) is 17.0. The molecule has 0 unspecified atom stereocenters. The fourth-order valence-electron chi connectivity index (χ4n) is 5.67. The number of carbonyl (C=O) groups excluding carboxylic acids is 2. The standard InChI is InChI=1S/C22H30ClN3O2/c1-15(2)12-25-13-18-19(14-25)22(24(3)21(18)28)7-9-26(10-8-22)20(27)16-5-4-6-17(23)11-16/h4-6,11,15,18-19H,7-10,12-14H2,1-3H3/t18-,19+/m0/s1. The van der Waals surface area contributed by atoms with Crippen molar-refractivity contribution in [1.82, 2.24) is 14.7 Å². The van der Waals surface area contributed by atoms with Crippen molar-refractivity contribution >= 4 is 23.4 Å². The number of likely N-dealkylation sites (tertiary alicyclic amines) is 3. The lowest BCUT2D eigenvalue weighted by molar-refractivity contribution is -0.133. The van der Waals surface area contributed by atoms with Crippen molar-refractivity contribution in [3.05, 3.63) is 34.9 Å². The number of hydrogen-bond acceptors (Lipinski definition) is 3. The van der Waals surface area contributed by atoms with Crippen LogP contribution in [0.1, 0.15) is 37.0 Å². The van der Waals surface area contributed by atoms with E-state index in [0.717, 1.165) is 32.5 Å². The van der Waals surface area contributed by atoms with Crippen LogP contribution in [0.25, 0.3) is 0 Å². The van der Waals surface area contributed by atoms with Crippen molar-refractivity contribution in [3.63, 3.8) is 0 Å². The number of amides is 2. The number of halogens is 1. The number of rotatable bonds is 3. The Labute approximate surface area is 172 Å². The molecule has 1 aromatic carbocycles. The minimum atomic E-state index is -0.0986. The van der Waals surface area contributed by atoms with Crippen molar-refractivity contribution in [2.45, 2.75) is 32.2 Å². The molecule has 3 heterocycles. The summed E-state index contributed by atoms with van der Waals surface area (Å²) in [5.41, 5.74) is 0.541. The molecule has 0 radical (unpaired) electrons. The smallest absolute Gasteiger partial charge is 0.253 e. The molecule has 3 aliphatic heterocycles. The second-order valence-corrected chi connectivity index (χ2v) is 9.57. The van der Waals surface area contributed by atoms with Gasteiger partial charge in [-0.2, -0.15) is 0 Å². The summed E-state index contributed by atoms with van der Waals surface area (Å²) in [7, 11) is 1.97. The summed E-state index contributed by atoms with van der Waals surface area (Å²) in [6.07, 6.45) is 1.72. The van der Waals surface area contributed by atoms with E-state index in [1.165, 1.54) is 0 Å². The van der Waals surface area contributed by atoms with Gasteiger partial charge < -0.3 is 14.7 Å². The molecule has 2 atom stereocenters. The van der Waals surface area contributed by atoms with Gasteiger partial charge in [0.15, 0.2) is 0 Å². The first-order chi connectivity index (χ1) is 13.3. The third kappa shape index (κ3) is 3.22. The number of fused-ring (bicyclic) bond motifs is 2. The van der Waals surface area contributed by atoms with Gasteiger partial charge in [-0.1, -0.05) is 31.5 Å². The van der Waals surface area contributed by atoms with Crippen molar-refractivity contribution in [2.75, 3.05) is 39.8 Å². The van der Waals surface area contributed by atoms with E-state index in [9.17, 15) is 9.59 Å². The molecule has 1 aromatic rings. The van der Waals surface area contributed by atoms with Gasteiger partial charge in [0, 0.05) is 56.3 Å². The first-order valence-corrected chi connectivity index (χ1v) is 10.7. The third-order valence-electron chi connectivity index (χ3n) is 7.01. The molecule has 28 heavy (non-hydrogen) atoms. The van der Waals surface area contributed by atoms with Gasteiger partial charge in [0.25, 0.3) is 5.91 Å². The van der Waals surface area contributed by atoms with E-state index in [1.807, 2.05) is 29.0 Å². The molecule has 6 heteroatoms. The Morgan fingerprint density at radius 2 is 1.96 bits per heavy atom. The highest BCUT2D eigenvalue weighted by atomic mass is 35.5. The molecule has 3 saturated heterocycles. The number of carbonyl (C=O) groups is 2. The summed E-state index contributed by atoms with van der Waals surface area (Å²) in [5, 5.41) is 0.583. The molecule has 3 aliphatic rings. The van der Waals surface area contributed by atoms with Crippen LogP contribution in [0.15, 0.2) is 24.3 Å². The average molecular weight is 404 g/mol. The maximum atomic E-state index is 13.0. The number of nitrogens with zero attached hydrogens (tertiary/aromatic N) is 3. The van der Waals surface area contributed by atoms with Crippen molar-refractivity contribution < 1.29 is 9.59 Å². The van der Waals surface area contributed by atoms with Crippen LogP contribution in [0.2, 0.25) is 5.02 Å². The maximum absolute atomic E-state index is 13.0. The first-order valence-electron chi connectivity index (χ1n) is 10.4. The number of hydrogen-bond donors (Lipinski definition) is 0. The summed E-state index contributed by atoms with van der Waals surface area (Å²) in [6, 6.07) is 7.15. The zero-order chi connectivity index (χ0) is 20.1. The van der Waals surface area contributed by atoms with Crippen LogP contribution in [-0.4, -0.2) is 71.8 Å². The van der Waals surface area contributed by atoms with Crippen LogP contribution >= 0.6 is 11.6 Å². The van der Waals surface area contributed by atoms with Crippen LogP contribution in [-0.2, 0) is 4.79 Å². The fourth-order valence-corrected chi connectivity index (χ4v) is 5.86. The van der Waals surface area contributed by atoms with E-state index in [4.69, 9.17) is 11.6 Å². The summed E-state index contributed by atoms with van der Waals surface area (Å²) in [4.78, 5) is 32.3. The largest absolute Gasteiger partial charge is 0.339 e. The highest BCUT2D eigenvalue weighted by Crippen LogP contribution is 2.49. The predicted octanol–water partition coefficient (Wildman–Crippen LogP) is 2.99. The van der Waals surface area contributed by atoms with Crippen LogP contribution in [0.3, 0.4) is 0 Å². The highest BCUT2D eigenvalue weighted by Gasteiger charge is 2.60. The number of piperidine rings is 1. The Morgan fingerprint density at radius 1 is 1.25 bits per heavy atom. The molecular formula is C22H30ClN3O2. The lowest BCUT2D eigenvalue weighted by atomic mass is 9.75. The normalized spacial score (nSPS) is 27.1. The topological polar surface area (TPSA) is 43.9 Å². The highest BCUT2D eigenvalue weighted by molar-refractivity contribution is 6.30. The molecule has 4 rings (SSSR count). The minimum absolute atomic E-state index is 0.0359. The second kappa shape index (κ2) is 7.34. The minimum Gasteiger partial charge on any atom is -0.339 e. The summed E-state index contributed by atoms with van der Waals surface area (Å²) >= 11 is 6.05. The quantitative estimate of drug-likeness (QED) is 0.779. The van der Waals surface area contributed by atoms with Crippen molar-refractivity contribution in [1.29, 1.82) is 0 Å². The predicted molar refractivity (Wildman–Crippen MR) is 110 cm³/mol. The third-order valence-corrected chi connectivity index (χ3v) is 7.25. The second-order valence-electron chi connectivity index (χ2n) is 9.13. The van der Waals surface area contributed by atoms with E-state index in [2.05, 4.69) is 18.7 Å². The molecule has 5 nitrogen and oxygen atoms in total. The Bertz CT molecular complexity index is 773. The Balaban J connectivity index is 1.48. The maximum Gasteiger partial charge on any atom is 0.253 e. The monoisotopic (exact) mass is 403 g/mol. The lowest BCUT2D eigenvalue weighted by Crippen LogP contribution is -2.56. The Morgan fingerprint density at radius 3 is 2.61 bits per heavy atom. The Kier molecular flexibility index (Phi) is 5.17. The molecule has 0 saturated carbocycles. The molecule has 2 amide bonds. The number of benzene rings is 1. The summed E-state index contributed by atoms with van der Waals surface area (Å²) in [6.45, 7) is 8.79. The lowest BCUT2D eigenvalue weighted by Gasteiger charge is -2.46. The van der Waals surface area contributed by atoms with Gasteiger partial charge in [-0.25, -0.2) is 0 Å². The first kappa shape index (κ1) is 19.7. The van der Waals surface area contributed by atoms with Gasteiger partial charge in [-0.05, 0) is 37.0 Å². The van der Waals surface area contributed by atoms with Gasteiger partial charge in [0.1, 0.15) is 0 Å². The van der Waals surface area contributed by atoms with E-state index in [1.54, 1.807) is 12.1 Å². The van der Waals surface area contributed by atoms with Crippen molar-refractivity contribution in [2.24, 2.45) is 17.8 Å². The molecule has 3 fully saturated rings. The Hall–Kier alpha value is -1.59. The van der Waals surface area contributed by atoms with Crippen molar-refractivity contribution in [3.8, 4) is 0 Å². The van der Waals surface area contributed by atoms with Crippen LogP contribution in [0, 0.1) is 17.8 Å². The zero-order valence-corrected chi connectivity index (χ0v) is 17.8. The van der Waals surface area contributed by atoms with E-state index >= 15 is 0 Å². The van der Waals surface area contributed by atoms with Gasteiger partial charge in [0.05, 0.1) is 11.5 Å². The van der Waals surface area contributed by atoms with E-state index in [-0.39, 0.29) is 17.4 Å². The molecule has 0 bridgehead atoms. The molecule has 0 N–H and O–H groups in total. The molecule has 152 valence electrons. The van der Waals surface area contributed by atoms with Gasteiger partial charge in [0.2, 0.25) is 5.91 Å². The molecule has 1 spiro atoms. The van der Waals surface area contributed by atoms with Gasteiger partial charge >= 0.3 is 0 Å². The van der Waals surface area contributed by atoms with Crippen LogP contribution in [0.5, 0.6) is 0 Å². The van der Waals surface area contributed by atoms with Crippen LogP contribution < -0.4 is 0 Å². The van der Waals surface area contributed by atoms with Gasteiger partial charge in [-0.15, -0.1) is 0 Å². The summed E-state index contributed by atoms with van der Waals surface area (Å²) in [5.74, 6) is 1.45. The van der Waals surface area contributed by atoms with Crippen LogP contribution in [0.4, 0.5) is 0 Å². The van der Waals surface area contributed by atoms with E-state index in [0.29, 0.717) is 41.4 Å². The SMILES string of the molecule is CC(C)CN1C[C@@H]2C(=O)N(C)C3(CCN(C(=O)c4cccc(Cl)c4)CC3)[C@@H]2C1.